The molecule has 0 atom stereocenters. The van der Waals surface area contributed by atoms with Crippen molar-refractivity contribution >= 4 is 5.91 Å². The average molecular weight is 375 g/mol. The molecule has 2 heterocycles. The Morgan fingerprint density at radius 2 is 1.63 bits per heavy atom. The molecule has 0 spiro atoms. The molecule has 0 aromatic heterocycles. The van der Waals surface area contributed by atoms with Crippen molar-refractivity contribution in [3.8, 4) is 0 Å². The van der Waals surface area contributed by atoms with Gasteiger partial charge in [-0.1, -0.05) is 32.9 Å². The van der Waals surface area contributed by atoms with E-state index in [2.05, 4.69) is 42.7 Å². The summed E-state index contributed by atoms with van der Waals surface area (Å²) in [5, 5.41) is 0. The summed E-state index contributed by atoms with van der Waals surface area (Å²) in [6, 6.07) is 8.44. The second-order valence-electron chi connectivity index (χ2n) is 8.62. The highest BCUT2D eigenvalue weighted by atomic mass is 16.5. The number of morpholine rings is 1. The average Bonchev–Trinajstić information content (AvgIpc) is 2.69. The van der Waals surface area contributed by atoms with Crippen molar-refractivity contribution in [2.45, 2.75) is 45.1 Å². The van der Waals surface area contributed by atoms with Crippen molar-refractivity contribution in [3.05, 3.63) is 35.4 Å². The number of rotatable bonds is 5. The number of hydrogen-bond acceptors (Lipinski definition) is 4. The van der Waals surface area contributed by atoms with E-state index in [1.165, 1.54) is 5.56 Å². The third kappa shape index (κ3) is 5.53. The third-order valence-electron chi connectivity index (χ3n) is 5.65. The van der Waals surface area contributed by atoms with Crippen LogP contribution in [-0.4, -0.2) is 74.4 Å². The van der Waals surface area contributed by atoms with Crippen molar-refractivity contribution in [2.75, 3.05) is 52.6 Å². The number of hydrogen-bond donors (Lipinski definition) is 0. The summed E-state index contributed by atoms with van der Waals surface area (Å²) in [6.45, 7) is 13.2. The van der Waals surface area contributed by atoms with Gasteiger partial charge in [-0.15, -0.1) is 0 Å². The third-order valence-corrected chi connectivity index (χ3v) is 5.65. The maximum atomic E-state index is 13.3. The van der Waals surface area contributed by atoms with Crippen LogP contribution in [0.15, 0.2) is 24.3 Å². The predicted molar refractivity (Wildman–Crippen MR) is 107 cm³/mol. The maximum Gasteiger partial charge on any atom is 0.254 e. The molecule has 0 unspecified atom stereocenters. The van der Waals surface area contributed by atoms with Crippen LogP contribution in [0.25, 0.3) is 0 Å². The van der Waals surface area contributed by atoms with E-state index >= 15 is 0 Å². The van der Waals surface area contributed by atoms with E-state index in [9.17, 15) is 4.79 Å². The number of carbonyl (C=O) groups is 1. The molecule has 3 rings (SSSR count). The largest absolute Gasteiger partial charge is 0.381 e. The zero-order valence-corrected chi connectivity index (χ0v) is 17.1. The van der Waals surface area contributed by atoms with E-state index in [1.54, 1.807) is 0 Å². The topological polar surface area (TPSA) is 42.0 Å². The van der Waals surface area contributed by atoms with Crippen LogP contribution in [0.2, 0.25) is 0 Å². The summed E-state index contributed by atoms with van der Waals surface area (Å²) in [5.74, 6) is 0.149. The Balaban J connectivity index is 1.71. The van der Waals surface area contributed by atoms with Crippen molar-refractivity contribution < 1.29 is 14.3 Å². The molecule has 1 aromatic rings. The van der Waals surface area contributed by atoms with Gasteiger partial charge in [0.15, 0.2) is 0 Å². The van der Waals surface area contributed by atoms with E-state index < -0.39 is 0 Å². The summed E-state index contributed by atoms with van der Waals surface area (Å²) >= 11 is 0. The first-order chi connectivity index (χ1) is 12.9. The molecule has 2 aliphatic heterocycles. The van der Waals surface area contributed by atoms with Gasteiger partial charge in [0.2, 0.25) is 0 Å². The molecule has 150 valence electrons. The first-order valence-electron chi connectivity index (χ1n) is 10.2. The summed E-state index contributed by atoms with van der Waals surface area (Å²) in [6.07, 6.45) is 1.85. The van der Waals surface area contributed by atoms with Crippen molar-refractivity contribution in [1.82, 2.24) is 9.80 Å². The molecule has 5 heteroatoms. The first kappa shape index (κ1) is 20.3. The van der Waals surface area contributed by atoms with E-state index in [1.807, 2.05) is 12.1 Å². The lowest BCUT2D eigenvalue weighted by Gasteiger charge is -2.36. The molecule has 0 aliphatic carbocycles. The van der Waals surface area contributed by atoms with Crippen molar-refractivity contribution in [1.29, 1.82) is 0 Å². The number of carbonyl (C=O) groups excluding carboxylic acids is 1. The summed E-state index contributed by atoms with van der Waals surface area (Å²) in [5.41, 5.74) is 2.14. The van der Waals surface area contributed by atoms with Gasteiger partial charge in [-0.25, -0.2) is 0 Å². The zero-order chi connectivity index (χ0) is 19.3. The quantitative estimate of drug-likeness (QED) is 0.795. The SMILES string of the molecule is CC(C)(C)c1ccc(C(=O)N(CCN2CCOCC2)C2CCOCC2)cc1. The molecular weight excluding hydrogens is 340 g/mol. The highest BCUT2D eigenvalue weighted by Gasteiger charge is 2.27. The van der Waals surface area contributed by atoms with Gasteiger partial charge < -0.3 is 14.4 Å². The van der Waals surface area contributed by atoms with Crippen LogP contribution >= 0.6 is 0 Å². The Kier molecular flexibility index (Phi) is 6.90. The standard InChI is InChI=1S/C22H34N2O3/c1-22(2,3)19-6-4-18(5-7-19)21(25)24(20-8-14-26-15-9-20)11-10-23-12-16-27-17-13-23/h4-7,20H,8-17H2,1-3H3. The lowest BCUT2D eigenvalue weighted by molar-refractivity contribution is 0.0141. The van der Waals surface area contributed by atoms with E-state index in [0.717, 1.165) is 71.0 Å². The summed E-state index contributed by atoms with van der Waals surface area (Å²) in [7, 11) is 0. The fraction of sp³-hybridized carbons (Fsp3) is 0.682. The Labute approximate surface area is 163 Å². The lowest BCUT2D eigenvalue weighted by Crippen LogP contribution is -2.48. The predicted octanol–water partition coefficient (Wildman–Crippen LogP) is 2.94. The van der Waals surface area contributed by atoms with E-state index in [-0.39, 0.29) is 17.4 Å². The minimum Gasteiger partial charge on any atom is -0.381 e. The van der Waals surface area contributed by atoms with Crippen molar-refractivity contribution in [3.63, 3.8) is 0 Å². The van der Waals surface area contributed by atoms with Crippen molar-refractivity contribution in [2.24, 2.45) is 0 Å². The minimum absolute atomic E-state index is 0.0955. The number of nitrogens with zero attached hydrogens (tertiary/aromatic N) is 2. The molecule has 0 radical (unpaired) electrons. The van der Waals surface area contributed by atoms with Gasteiger partial charge >= 0.3 is 0 Å². The maximum absolute atomic E-state index is 13.3. The van der Waals surface area contributed by atoms with Gasteiger partial charge in [-0.3, -0.25) is 9.69 Å². The molecule has 1 aromatic carbocycles. The molecule has 0 saturated carbocycles. The summed E-state index contributed by atoms with van der Waals surface area (Å²) < 4.78 is 11.0. The Bertz CT molecular complexity index is 597. The van der Waals surface area contributed by atoms with Crippen LogP contribution < -0.4 is 0 Å². The first-order valence-corrected chi connectivity index (χ1v) is 10.2. The normalized spacial score (nSPS) is 19.8. The molecule has 0 bridgehead atoms. The van der Waals surface area contributed by atoms with Gasteiger partial charge in [0, 0.05) is 51.0 Å². The lowest BCUT2D eigenvalue weighted by atomic mass is 9.86. The van der Waals surface area contributed by atoms with Gasteiger partial charge in [-0.2, -0.15) is 0 Å². The smallest absolute Gasteiger partial charge is 0.254 e. The number of amides is 1. The molecule has 0 N–H and O–H groups in total. The van der Waals surface area contributed by atoms with Crippen LogP contribution in [0.4, 0.5) is 0 Å². The number of benzene rings is 1. The highest BCUT2D eigenvalue weighted by molar-refractivity contribution is 5.94. The minimum atomic E-state index is 0.0955. The molecule has 2 fully saturated rings. The Morgan fingerprint density at radius 1 is 1.04 bits per heavy atom. The van der Waals surface area contributed by atoms with E-state index in [0.29, 0.717) is 0 Å². The molecule has 27 heavy (non-hydrogen) atoms. The summed E-state index contributed by atoms with van der Waals surface area (Å²) in [4.78, 5) is 17.8. The van der Waals surface area contributed by atoms with Gasteiger partial charge in [0.05, 0.1) is 13.2 Å². The molecule has 1 amide bonds. The molecular formula is C22H34N2O3. The van der Waals surface area contributed by atoms with Gasteiger partial charge in [0.1, 0.15) is 0 Å². The Hall–Kier alpha value is -1.43. The highest BCUT2D eigenvalue weighted by Crippen LogP contribution is 2.23. The number of ether oxygens (including phenoxy) is 2. The molecule has 2 saturated heterocycles. The van der Waals surface area contributed by atoms with Crippen LogP contribution in [0.1, 0.15) is 49.5 Å². The van der Waals surface area contributed by atoms with Gasteiger partial charge in [-0.05, 0) is 36.0 Å². The molecule has 2 aliphatic rings. The Morgan fingerprint density at radius 3 is 2.22 bits per heavy atom. The molecule has 5 nitrogen and oxygen atoms in total. The second-order valence-corrected chi connectivity index (χ2v) is 8.62. The van der Waals surface area contributed by atoms with Crippen LogP contribution in [0.3, 0.4) is 0 Å². The van der Waals surface area contributed by atoms with Crippen LogP contribution in [0.5, 0.6) is 0 Å². The second kappa shape index (κ2) is 9.18. The zero-order valence-electron chi connectivity index (χ0n) is 17.1. The fourth-order valence-corrected chi connectivity index (χ4v) is 3.80. The fourth-order valence-electron chi connectivity index (χ4n) is 3.80. The van der Waals surface area contributed by atoms with Crippen LogP contribution in [-0.2, 0) is 14.9 Å². The monoisotopic (exact) mass is 374 g/mol. The van der Waals surface area contributed by atoms with Crippen LogP contribution in [0, 0.1) is 0 Å². The van der Waals surface area contributed by atoms with E-state index in [4.69, 9.17) is 9.47 Å². The van der Waals surface area contributed by atoms with Gasteiger partial charge in [0.25, 0.3) is 5.91 Å².